The number of carbonyl (C=O) groups is 5. The average Bonchev–Trinajstić information content (AvgIpc) is 3.23. The average molecular weight is 525 g/mol. The molecule has 190 valence electrons. The van der Waals surface area contributed by atoms with Gasteiger partial charge in [-0.1, -0.05) is 18.2 Å². The van der Waals surface area contributed by atoms with Gasteiger partial charge in [0.1, 0.15) is 18.1 Å². The molecule has 0 spiro atoms. The number of aliphatic carboxylic acids is 1. The molecular weight excluding hydrogens is 496 g/mol. The number of primary amides is 1. The summed E-state index contributed by atoms with van der Waals surface area (Å²) in [4.78, 5) is 64.1. The number of carbonyl (C=O) groups excluding carboxylic acids is 4. The van der Waals surface area contributed by atoms with Gasteiger partial charge in [-0.2, -0.15) is 25.3 Å². The number of aromatic nitrogens is 1. The minimum absolute atomic E-state index is 0.0113. The molecule has 0 saturated carbocycles. The van der Waals surface area contributed by atoms with Gasteiger partial charge in [0.2, 0.25) is 23.6 Å². The van der Waals surface area contributed by atoms with Crippen molar-refractivity contribution in [3.05, 3.63) is 36.0 Å². The SMILES string of the molecule is NC(=O)CC(NC(=O)C(N)CS)C(=O)NC(Cc1c[nH]c2ccccc12)C(=O)NC(CS)C(=O)O. The van der Waals surface area contributed by atoms with Crippen LogP contribution in [-0.4, -0.2) is 75.4 Å². The van der Waals surface area contributed by atoms with Gasteiger partial charge < -0.3 is 37.5 Å². The van der Waals surface area contributed by atoms with E-state index in [4.69, 9.17) is 11.5 Å². The van der Waals surface area contributed by atoms with E-state index in [9.17, 15) is 29.1 Å². The zero-order valence-electron chi connectivity index (χ0n) is 18.6. The van der Waals surface area contributed by atoms with Crippen molar-refractivity contribution in [3.63, 3.8) is 0 Å². The first-order valence-corrected chi connectivity index (χ1v) is 11.8. The fourth-order valence-corrected chi connectivity index (χ4v) is 3.65. The number of H-pyrrole nitrogens is 1. The molecule has 1 aromatic carbocycles. The standard InChI is InChI=1S/C21H28N6O6S2/c22-12(8-34)18(29)25-15(6-17(23)28)20(31)26-14(19(30)27-16(9-35)21(32)33)5-10-7-24-13-4-2-1-3-11(10)13/h1-4,7,12,14-16,24,34-35H,5-6,8-9,22H2,(H2,23,28)(H,25,29)(H,26,31)(H,27,30)(H,32,33). The smallest absolute Gasteiger partial charge is 0.327 e. The van der Waals surface area contributed by atoms with E-state index in [0.717, 1.165) is 10.9 Å². The molecule has 2 aromatic rings. The van der Waals surface area contributed by atoms with Crippen molar-refractivity contribution in [2.45, 2.75) is 37.0 Å². The number of fused-ring (bicyclic) bond motifs is 1. The number of thiol groups is 2. The Hall–Kier alpha value is -3.23. The maximum absolute atomic E-state index is 13.0. The maximum Gasteiger partial charge on any atom is 0.327 e. The molecule has 12 nitrogen and oxygen atoms in total. The van der Waals surface area contributed by atoms with E-state index in [0.29, 0.717) is 5.56 Å². The molecule has 0 aliphatic rings. The first-order chi connectivity index (χ1) is 16.6. The van der Waals surface area contributed by atoms with Crippen LogP contribution in [0.3, 0.4) is 0 Å². The van der Waals surface area contributed by atoms with Gasteiger partial charge in [-0.15, -0.1) is 0 Å². The molecule has 1 aromatic heterocycles. The number of benzene rings is 1. The van der Waals surface area contributed by atoms with Crippen LogP contribution in [0.5, 0.6) is 0 Å². The lowest BCUT2D eigenvalue weighted by molar-refractivity contribution is -0.141. The Balaban J connectivity index is 2.31. The van der Waals surface area contributed by atoms with Crippen LogP contribution in [0.1, 0.15) is 12.0 Å². The molecule has 9 N–H and O–H groups in total. The molecule has 1 heterocycles. The summed E-state index contributed by atoms with van der Waals surface area (Å²) in [5, 5.41) is 17.2. The molecule has 0 saturated heterocycles. The predicted molar refractivity (Wildman–Crippen MR) is 135 cm³/mol. The van der Waals surface area contributed by atoms with Gasteiger partial charge in [0.05, 0.1) is 12.5 Å². The highest BCUT2D eigenvalue weighted by molar-refractivity contribution is 7.80. The van der Waals surface area contributed by atoms with Crippen molar-refractivity contribution in [1.29, 1.82) is 0 Å². The summed E-state index contributed by atoms with van der Waals surface area (Å²) in [7, 11) is 0. The number of hydrogen-bond donors (Lipinski definition) is 9. The van der Waals surface area contributed by atoms with Gasteiger partial charge in [-0.05, 0) is 11.6 Å². The summed E-state index contributed by atoms with van der Waals surface area (Å²) in [5.74, 6) is -4.77. The first kappa shape index (κ1) is 28.0. The van der Waals surface area contributed by atoms with Crippen LogP contribution >= 0.6 is 25.3 Å². The lowest BCUT2D eigenvalue weighted by Crippen LogP contribution is -2.58. The molecule has 0 aliphatic heterocycles. The van der Waals surface area contributed by atoms with Crippen LogP contribution in [0, 0.1) is 0 Å². The minimum Gasteiger partial charge on any atom is -0.480 e. The normalized spacial score (nSPS) is 14.4. The lowest BCUT2D eigenvalue weighted by Gasteiger charge is -2.24. The monoisotopic (exact) mass is 524 g/mol. The number of amides is 4. The zero-order valence-corrected chi connectivity index (χ0v) is 20.4. The Morgan fingerprint density at radius 3 is 2.11 bits per heavy atom. The quantitative estimate of drug-likeness (QED) is 0.139. The van der Waals surface area contributed by atoms with E-state index < -0.39 is 60.2 Å². The largest absolute Gasteiger partial charge is 0.480 e. The predicted octanol–water partition coefficient (Wildman–Crippen LogP) is -1.69. The summed E-state index contributed by atoms with van der Waals surface area (Å²) in [6.45, 7) is 0. The second kappa shape index (κ2) is 13.0. The van der Waals surface area contributed by atoms with Gasteiger partial charge in [0.25, 0.3) is 0 Å². The highest BCUT2D eigenvalue weighted by atomic mass is 32.1. The third kappa shape index (κ3) is 7.90. The molecule has 0 fully saturated rings. The minimum atomic E-state index is -1.41. The number of carboxylic acids is 1. The van der Waals surface area contributed by atoms with E-state index in [1.165, 1.54) is 0 Å². The van der Waals surface area contributed by atoms with Gasteiger partial charge in [-0.25, -0.2) is 4.79 Å². The Morgan fingerprint density at radius 1 is 0.914 bits per heavy atom. The summed E-state index contributed by atoms with van der Waals surface area (Å²) < 4.78 is 0. The zero-order chi connectivity index (χ0) is 26.1. The Morgan fingerprint density at radius 2 is 1.51 bits per heavy atom. The number of rotatable bonds is 13. The van der Waals surface area contributed by atoms with Crippen LogP contribution in [0.2, 0.25) is 0 Å². The van der Waals surface area contributed by atoms with E-state index in [2.05, 4.69) is 46.2 Å². The molecular formula is C21H28N6O6S2. The van der Waals surface area contributed by atoms with Gasteiger partial charge in [-0.3, -0.25) is 19.2 Å². The molecule has 35 heavy (non-hydrogen) atoms. The molecule has 0 aliphatic carbocycles. The van der Waals surface area contributed by atoms with Crippen LogP contribution in [0.25, 0.3) is 10.9 Å². The second-order valence-electron chi connectivity index (χ2n) is 7.73. The second-order valence-corrected chi connectivity index (χ2v) is 8.46. The van der Waals surface area contributed by atoms with Crippen molar-refractivity contribution < 1.29 is 29.1 Å². The van der Waals surface area contributed by atoms with Crippen LogP contribution < -0.4 is 27.4 Å². The number of nitrogens with two attached hydrogens (primary N) is 2. The van der Waals surface area contributed by atoms with Gasteiger partial charge >= 0.3 is 5.97 Å². The van der Waals surface area contributed by atoms with Crippen molar-refractivity contribution in [1.82, 2.24) is 20.9 Å². The Bertz CT molecular complexity index is 1090. The van der Waals surface area contributed by atoms with Gasteiger partial charge in [0.15, 0.2) is 0 Å². The maximum atomic E-state index is 13.0. The Labute approximate surface area is 211 Å². The molecule has 0 bridgehead atoms. The summed E-state index contributed by atoms with van der Waals surface area (Å²) >= 11 is 7.87. The third-order valence-electron chi connectivity index (χ3n) is 5.10. The molecule has 4 amide bonds. The number of para-hydroxylation sites is 1. The molecule has 4 atom stereocenters. The van der Waals surface area contributed by atoms with Crippen LogP contribution in [0.4, 0.5) is 0 Å². The summed E-state index contributed by atoms with van der Waals surface area (Å²) in [5.41, 5.74) is 12.3. The Kier molecular flexibility index (Phi) is 10.4. The first-order valence-electron chi connectivity index (χ1n) is 10.5. The fourth-order valence-electron chi connectivity index (χ4n) is 3.23. The van der Waals surface area contributed by atoms with E-state index in [1.54, 1.807) is 12.3 Å². The van der Waals surface area contributed by atoms with Crippen molar-refractivity contribution in [2.24, 2.45) is 11.5 Å². The third-order valence-corrected chi connectivity index (χ3v) is 5.86. The molecule has 0 radical (unpaired) electrons. The van der Waals surface area contributed by atoms with Crippen LogP contribution in [0.15, 0.2) is 30.5 Å². The highest BCUT2D eigenvalue weighted by Gasteiger charge is 2.31. The number of hydrogen-bond acceptors (Lipinski definition) is 8. The van der Waals surface area contributed by atoms with E-state index in [1.807, 2.05) is 18.2 Å². The molecule has 2 rings (SSSR count). The summed E-state index contributed by atoms with van der Waals surface area (Å²) in [6, 6.07) is 2.26. The van der Waals surface area contributed by atoms with Gasteiger partial charge in [0, 0.05) is 35.0 Å². The van der Waals surface area contributed by atoms with E-state index >= 15 is 0 Å². The fraction of sp³-hybridized carbons (Fsp3) is 0.381. The lowest BCUT2D eigenvalue weighted by atomic mass is 10.0. The number of nitrogens with one attached hydrogen (secondary N) is 4. The summed E-state index contributed by atoms with van der Waals surface area (Å²) in [6.07, 6.45) is 1.10. The topological polar surface area (TPSA) is 209 Å². The van der Waals surface area contributed by atoms with Crippen LogP contribution in [-0.2, 0) is 30.4 Å². The molecule has 14 heteroatoms. The highest BCUT2D eigenvalue weighted by Crippen LogP contribution is 2.19. The van der Waals surface area contributed by atoms with Crippen molar-refractivity contribution in [3.8, 4) is 0 Å². The van der Waals surface area contributed by atoms with Crippen molar-refractivity contribution >= 4 is 65.8 Å². The molecule has 4 unspecified atom stereocenters. The number of aromatic amines is 1. The number of carboxylic acid groups (broad SMARTS) is 1. The van der Waals surface area contributed by atoms with Crippen molar-refractivity contribution in [2.75, 3.05) is 11.5 Å². The van der Waals surface area contributed by atoms with E-state index in [-0.39, 0.29) is 17.9 Å².